The van der Waals surface area contributed by atoms with Crippen LogP contribution in [0.4, 0.5) is 32.3 Å². The highest BCUT2D eigenvalue weighted by Crippen LogP contribution is 2.30. The van der Waals surface area contributed by atoms with Crippen LogP contribution in [0.1, 0.15) is 18.9 Å². The normalized spacial score (nSPS) is 10.8. The lowest BCUT2D eigenvalue weighted by atomic mass is 10.2. The maximum atomic E-state index is 14.1. The van der Waals surface area contributed by atoms with E-state index in [4.69, 9.17) is 11.5 Å². The maximum absolute atomic E-state index is 14.1. The van der Waals surface area contributed by atoms with Crippen LogP contribution in [0, 0.1) is 23.0 Å². The Morgan fingerprint density at radius 1 is 1.09 bits per heavy atom. The van der Waals surface area contributed by atoms with Gasteiger partial charge in [-0.25, -0.2) is 18.3 Å². The molecule has 4 rings (SSSR count). The highest BCUT2D eigenvalue weighted by molar-refractivity contribution is 5.81. The zero-order chi connectivity index (χ0) is 23.7. The summed E-state index contributed by atoms with van der Waals surface area (Å²) in [6.45, 7) is 2.09. The van der Waals surface area contributed by atoms with E-state index in [0.29, 0.717) is 18.0 Å². The smallest absolute Gasteiger partial charge is 0.267 e. The zero-order valence-corrected chi connectivity index (χ0v) is 17.5. The minimum Gasteiger partial charge on any atom is -0.382 e. The summed E-state index contributed by atoms with van der Waals surface area (Å²) in [7, 11) is 0. The Bertz CT molecular complexity index is 1460. The quantitative estimate of drug-likeness (QED) is 0.475. The number of para-hydroxylation sites is 1. The predicted molar refractivity (Wildman–Crippen MR) is 120 cm³/mol. The predicted octanol–water partition coefficient (Wildman–Crippen LogP) is 3.04. The van der Waals surface area contributed by atoms with Gasteiger partial charge >= 0.3 is 0 Å². The molecule has 0 radical (unpaired) electrons. The molecule has 0 aliphatic carbocycles. The Labute approximate surface area is 186 Å². The van der Waals surface area contributed by atoms with E-state index in [9.17, 15) is 18.8 Å². The summed E-state index contributed by atoms with van der Waals surface area (Å²) in [5, 5.41) is 9.91. The summed E-state index contributed by atoms with van der Waals surface area (Å²) in [4.78, 5) is 27.5. The van der Waals surface area contributed by atoms with E-state index in [0.717, 1.165) is 16.7 Å². The summed E-state index contributed by atoms with van der Waals surface area (Å²) < 4.78 is 29.3. The van der Waals surface area contributed by atoms with Crippen molar-refractivity contribution >= 4 is 34.4 Å². The van der Waals surface area contributed by atoms with Gasteiger partial charge in [-0.3, -0.25) is 9.69 Å². The number of aromatic nitrogens is 4. The molecule has 11 heteroatoms. The first kappa shape index (κ1) is 21.6. The minimum atomic E-state index is -0.869. The number of rotatable bonds is 5. The number of anilines is 4. The Balaban J connectivity index is 2.13. The lowest BCUT2D eigenvalue weighted by molar-refractivity contribution is 0.581. The van der Waals surface area contributed by atoms with Gasteiger partial charge in [-0.05, 0) is 30.7 Å². The van der Waals surface area contributed by atoms with Crippen molar-refractivity contribution < 1.29 is 8.78 Å². The number of nitrogens with two attached hydrogens (primary N) is 2. The fourth-order valence-corrected chi connectivity index (χ4v) is 3.51. The fraction of sp³-hybridized carbons (Fsp3) is 0.136. The molecular weight excluding hydrogens is 430 g/mol. The van der Waals surface area contributed by atoms with Crippen LogP contribution in [0.2, 0.25) is 0 Å². The zero-order valence-electron chi connectivity index (χ0n) is 17.5. The molecule has 0 unspecified atom stereocenters. The molecule has 0 fully saturated rings. The molecule has 166 valence electrons. The number of nitriles is 1. The molecule has 9 nitrogen and oxygen atoms in total. The molecule has 0 aliphatic rings. The van der Waals surface area contributed by atoms with Gasteiger partial charge in [0, 0.05) is 12.6 Å². The van der Waals surface area contributed by atoms with E-state index >= 15 is 0 Å². The second-order valence-corrected chi connectivity index (χ2v) is 7.13. The third kappa shape index (κ3) is 3.89. The number of benzene rings is 2. The second kappa shape index (κ2) is 8.51. The van der Waals surface area contributed by atoms with Crippen molar-refractivity contribution in [2.24, 2.45) is 0 Å². The van der Waals surface area contributed by atoms with Crippen molar-refractivity contribution in [3.63, 3.8) is 0 Å². The number of halogens is 2. The molecule has 0 aliphatic heterocycles. The highest BCUT2D eigenvalue weighted by atomic mass is 19.1. The minimum absolute atomic E-state index is 0.0143. The summed E-state index contributed by atoms with van der Waals surface area (Å²) in [6.07, 6.45) is 0.537. The van der Waals surface area contributed by atoms with Gasteiger partial charge in [0.05, 0.1) is 16.6 Å². The maximum Gasteiger partial charge on any atom is 0.267 e. The summed E-state index contributed by atoms with van der Waals surface area (Å²) in [6, 6.07) is 11.2. The highest BCUT2D eigenvalue weighted by Gasteiger charge is 2.25. The van der Waals surface area contributed by atoms with Crippen molar-refractivity contribution in [2.45, 2.75) is 13.3 Å². The summed E-state index contributed by atoms with van der Waals surface area (Å²) >= 11 is 0. The average Bonchev–Trinajstić information content (AvgIpc) is 2.76. The third-order valence-corrected chi connectivity index (χ3v) is 4.85. The molecule has 4 aromatic rings. The first-order chi connectivity index (χ1) is 15.8. The molecule has 2 aromatic heterocycles. The van der Waals surface area contributed by atoms with Crippen LogP contribution in [-0.2, 0) is 0 Å². The average molecular weight is 448 g/mol. The van der Waals surface area contributed by atoms with Gasteiger partial charge in [0.2, 0.25) is 11.9 Å². The van der Waals surface area contributed by atoms with Crippen molar-refractivity contribution in [3.05, 3.63) is 70.0 Å². The number of fused-ring (bicyclic) bond motifs is 1. The SMILES string of the molecule is CCCN(c1nc(N)nc(N)c1C#N)c1nc2ccccc2c(=O)n1-c1cc(F)cc(F)c1. The van der Waals surface area contributed by atoms with Gasteiger partial charge in [-0.1, -0.05) is 19.1 Å². The standard InChI is InChI=1S/C22H18F2N8O/c1-2-7-31(19-16(11-25)18(26)29-21(27)30-19)22-28-17-6-4-3-5-15(17)20(33)32(22)14-9-12(23)8-13(24)10-14/h3-6,8-10H,2,7H2,1H3,(H4,26,27,29,30). The fourth-order valence-electron chi connectivity index (χ4n) is 3.51. The molecule has 0 spiro atoms. The molecule has 33 heavy (non-hydrogen) atoms. The van der Waals surface area contributed by atoms with Crippen LogP contribution in [0.3, 0.4) is 0 Å². The molecular formula is C22H18F2N8O. The van der Waals surface area contributed by atoms with E-state index in [1.165, 1.54) is 4.90 Å². The van der Waals surface area contributed by atoms with Gasteiger partial charge in [0.1, 0.15) is 29.1 Å². The van der Waals surface area contributed by atoms with E-state index in [2.05, 4.69) is 15.0 Å². The molecule has 0 amide bonds. The topological polar surface area (TPSA) is 140 Å². The molecule has 2 aromatic carbocycles. The summed E-state index contributed by atoms with van der Waals surface area (Å²) in [5.41, 5.74) is 11.3. The Hall–Kier alpha value is -4.59. The van der Waals surface area contributed by atoms with Crippen LogP contribution in [0.25, 0.3) is 16.6 Å². The van der Waals surface area contributed by atoms with Crippen molar-refractivity contribution in [3.8, 4) is 11.8 Å². The third-order valence-electron chi connectivity index (χ3n) is 4.85. The van der Waals surface area contributed by atoms with Crippen molar-refractivity contribution in [2.75, 3.05) is 22.9 Å². The number of nitrogen functional groups attached to an aromatic ring is 2. The molecule has 4 N–H and O–H groups in total. The lowest BCUT2D eigenvalue weighted by Gasteiger charge is -2.26. The van der Waals surface area contributed by atoms with Crippen LogP contribution >= 0.6 is 0 Å². The van der Waals surface area contributed by atoms with Gasteiger partial charge in [-0.2, -0.15) is 15.2 Å². The van der Waals surface area contributed by atoms with Crippen LogP contribution in [0.15, 0.2) is 47.3 Å². The van der Waals surface area contributed by atoms with E-state index in [1.807, 2.05) is 13.0 Å². The Morgan fingerprint density at radius 2 is 1.79 bits per heavy atom. The monoisotopic (exact) mass is 448 g/mol. The van der Waals surface area contributed by atoms with Gasteiger partial charge in [-0.15, -0.1) is 0 Å². The van der Waals surface area contributed by atoms with E-state index in [1.54, 1.807) is 24.3 Å². The first-order valence-electron chi connectivity index (χ1n) is 9.93. The lowest BCUT2D eigenvalue weighted by Crippen LogP contribution is -2.31. The number of nitrogens with zero attached hydrogens (tertiary/aromatic N) is 6. The van der Waals surface area contributed by atoms with E-state index < -0.39 is 17.2 Å². The van der Waals surface area contributed by atoms with E-state index in [-0.39, 0.29) is 46.7 Å². The Morgan fingerprint density at radius 3 is 2.45 bits per heavy atom. The molecule has 0 saturated carbocycles. The second-order valence-electron chi connectivity index (χ2n) is 7.13. The Kier molecular flexibility index (Phi) is 5.58. The molecule has 0 atom stereocenters. The van der Waals surface area contributed by atoms with Crippen molar-refractivity contribution in [1.82, 2.24) is 19.5 Å². The van der Waals surface area contributed by atoms with Gasteiger partial charge in [0.15, 0.2) is 5.82 Å². The molecule has 0 saturated heterocycles. The molecule has 0 bridgehead atoms. The van der Waals surface area contributed by atoms with Crippen LogP contribution in [-0.4, -0.2) is 26.1 Å². The summed E-state index contributed by atoms with van der Waals surface area (Å²) in [5.74, 6) is -2.06. The number of hydrogen-bond acceptors (Lipinski definition) is 8. The first-order valence-corrected chi connectivity index (χ1v) is 9.93. The van der Waals surface area contributed by atoms with Gasteiger partial charge in [0.25, 0.3) is 5.56 Å². The number of hydrogen-bond donors (Lipinski definition) is 2. The largest absolute Gasteiger partial charge is 0.382 e. The van der Waals surface area contributed by atoms with Crippen molar-refractivity contribution in [1.29, 1.82) is 5.26 Å². The van der Waals surface area contributed by atoms with Crippen LogP contribution in [0.5, 0.6) is 0 Å². The van der Waals surface area contributed by atoms with Gasteiger partial charge < -0.3 is 11.5 Å². The van der Waals surface area contributed by atoms with Crippen LogP contribution < -0.4 is 21.9 Å². The molecule has 2 heterocycles.